The number of esters is 1. The fraction of sp³-hybridized carbons (Fsp3) is 0.263. The quantitative estimate of drug-likeness (QED) is 0.620. The molecule has 1 heterocycles. The Labute approximate surface area is 140 Å². The van der Waals surface area contributed by atoms with Gasteiger partial charge in [0.25, 0.3) is 0 Å². The zero-order valence-electron chi connectivity index (χ0n) is 13.7. The van der Waals surface area contributed by atoms with Crippen molar-refractivity contribution in [3.63, 3.8) is 0 Å². The summed E-state index contributed by atoms with van der Waals surface area (Å²) in [5, 5.41) is 0. The van der Waals surface area contributed by atoms with Crippen molar-refractivity contribution < 1.29 is 19.0 Å². The Hall–Kier alpha value is -2.82. The number of benzene rings is 2. The molecule has 0 spiro atoms. The molecule has 1 aliphatic rings. The molecule has 0 fully saturated rings. The molecule has 0 N–H and O–H groups in total. The molecule has 0 aliphatic carbocycles. The van der Waals surface area contributed by atoms with Gasteiger partial charge in [0.15, 0.2) is 11.5 Å². The van der Waals surface area contributed by atoms with Crippen LogP contribution in [0.4, 0.5) is 5.69 Å². The Morgan fingerprint density at radius 1 is 1.25 bits per heavy atom. The maximum atomic E-state index is 11.8. The monoisotopic (exact) mass is 325 g/mol. The van der Waals surface area contributed by atoms with Crippen LogP contribution in [0.25, 0.3) is 0 Å². The maximum Gasteiger partial charge on any atom is 0.340 e. The van der Waals surface area contributed by atoms with Crippen LogP contribution in [0.5, 0.6) is 11.5 Å². The van der Waals surface area contributed by atoms with E-state index in [2.05, 4.69) is 11.9 Å². The number of rotatable bonds is 5. The first-order chi connectivity index (χ1) is 11.7. The molecule has 2 aromatic carbocycles. The summed E-state index contributed by atoms with van der Waals surface area (Å²) in [5.74, 6) is 1.39. The maximum absolute atomic E-state index is 11.8. The van der Waals surface area contributed by atoms with Gasteiger partial charge in [0.05, 0.1) is 18.4 Å². The van der Waals surface area contributed by atoms with Crippen molar-refractivity contribution in [3.8, 4) is 11.5 Å². The number of fused-ring (bicyclic) bond motifs is 1. The van der Waals surface area contributed by atoms with Gasteiger partial charge in [-0.1, -0.05) is 25.1 Å². The Balaban J connectivity index is 1.70. The molecule has 3 rings (SSSR count). The van der Waals surface area contributed by atoms with E-state index in [1.807, 2.05) is 30.5 Å². The summed E-state index contributed by atoms with van der Waals surface area (Å²) in [6, 6.07) is 13.1. The van der Waals surface area contributed by atoms with Crippen LogP contribution >= 0.6 is 0 Å². The van der Waals surface area contributed by atoms with E-state index in [0.717, 1.165) is 23.5 Å². The fourth-order valence-electron chi connectivity index (χ4n) is 2.57. The molecule has 5 heteroatoms. The molecule has 124 valence electrons. The molecule has 0 aromatic heterocycles. The highest BCUT2D eigenvalue weighted by Gasteiger charge is 2.14. The van der Waals surface area contributed by atoms with Crippen molar-refractivity contribution in [1.29, 1.82) is 0 Å². The third-order valence-electron chi connectivity index (χ3n) is 3.77. The van der Waals surface area contributed by atoms with Gasteiger partial charge in [0, 0.05) is 6.21 Å². The standard InChI is InChI=1S/C19H19NO4/c1-13(9-14-7-8-17-18(10-14)24-12-23-17)11-20-16-6-4-3-5-15(16)19(21)22-2/h3-8,10-11,13H,9,12H2,1-2H3/t13-/m0/s1. The second-order valence-corrected chi connectivity index (χ2v) is 5.66. The average molecular weight is 325 g/mol. The summed E-state index contributed by atoms with van der Waals surface area (Å²) in [6.45, 7) is 2.36. The first-order valence-electron chi connectivity index (χ1n) is 7.77. The van der Waals surface area contributed by atoms with E-state index < -0.39 is 0 Å². The van der Waals surface area contributed by atoms with Gasteiger partial charge in [0.1, 0.15) is 0 Å². The molecule has 5 nitrogen and oxygen atoms in total. The minimum Gasteiger partial charge on any atom is -0.465 e. The molecule has 0 amide bonds. The van der Waals surface area contributed by atoms with Crippen LogP contribution in [0.3, 0.4) is 0 Å². The topological polar surface area (TPSA) is 57.1 Å². The lowest BCUT2D eigenvalue weighted by Crippen LogP contribution is -2.03. The summed E-state index contributed by atoms with van der Waals surface area (Å²) in [6.07, 6.45) is 2.67. The second kappa shape index (κ2) is 7.17. The molecule has 24 heavy (non-hydrogen) atoms. The number of carbonyl (C=O) groups excluding carboxylic acids is 1. The normalized spacial score (nSPS) is 13.9. The number of aliphatic imine (C=N–C) groups is 1. The first-order valence-corrected chi connectivity index (χ1v) is 7.77. The minimum atomic E-state index is -0.383. The third kappa shape index (κ3) is 3.56. The highest BCUT2D eigenvalue weighted by atomic mass is 16.7. The van der Waals surface area contributed by atoms with Gasteiger partial charge in [0.2, 0.25) is 6.79 Å². The molecular formula is C19H19NO4. The summed E-state index contributed by atoms with van der Waals surface area (Å²) in [5.41, 5.74) is 2.23. The number of hydrogen-bond donors (Lipinski definition) is 0. The van der Waals surface area contributed by atoms with Crippen LogP contribution in [0.2, 0.25) is 0 Å². The van der Waals surface area contributed by atoms with Crippen molar-refractivity contribution in [2.24, 2.45) is 10.9 Å². The third-order valence-corrected chi connectivity index (χ3v) is 3.77. The van der Waals surface area contributed by atoms with Crippen LogP contribution in [0.1, 0.15) is 22.8 Å². The van der Waals surface area contributed by atoms with Crippen LogP contribution in [-0.2, 0) is 11.2 Å². The van der Waals surface area contributed by atoms with Crippen molar-refractivity contribution in [2.75, 3.05) is 13.9 Å². The number of hydrogen-bond acceptors (Lipinski definition) is 5. The number of carbonyl (C=O) groups is 1. The van der Waals surface area contributed by atoms with E-state index in [1.165, 1.54) is 7.11 Å². The molecular weight excluding hydrogens is 306 g/mol. The minimum absolute atomic E-state index is 0.205. The van der Waals surface area contributed by atoms with Crippen LogP contribution in [0.15, 0.2) is 47.5 Å². The molecule has 2 aromatic rings. The van der Waals surface area contributed by atoms with E-state index in [9.17, 15) is 4.79 Å². The Morgan fingerprint density at radius 3 is 2.88 bits per heavy atom. The molecule has 0 saturated heterocycles. The van der Waals surface area contributed by atoms with Crippen LogP contribution in [-0.4, -0.2) is 26.1 Å². The number of ether oxygens (including phenoxy) is 3. The van der Waals surface area contributed by atoms with Gasteiger partial charge >= 0.3 is 5.97 Å². The van der Waals surface area contributed by atoms with E-state index in [4.69, 9.17) is 14.2 Å². The zero-order valence-corrected chi connectivity index (χ0v) is 13.7. The lowest BCUT2D eigenvalue weighted by Gasteiger charge is -2.08. The molecule has 0 unspecified atom stereocenters. The molecule has 0 radical (unpaired) electrons. The average Bonchev–Trinajstić information content (AvgIpc) is 3.07. The highest BCUT2D eigenvalue weighted by Crippen LogP contribution is 2.33. The van der Waals surface area contributed by atoms with E-state index in [0.29, 0.717) is 11.3 Å². The summed E-state index contributed by atoms with van der Waals surface area (Å²) >= 11 is 0. The first kappa shape index (κ1) is 16.1. The smallest absolute Gasteiger partial charge is 0.340 e. The Morgan fingerprint density at radius 2 is 2.04 bits per heavy atom. The summed E-state index contributed by atoms with van der Waals surface area (Å²) in [7, 11) is 1.37. The lowest BCUT2D eigenvalue weighted by molar-refractivity contribution is 0.0601. The van der Waals surface area contributed by atoms with E-state index in [1.54, 1.807) is 18.2 Å². The SMILES string of the molecule is COC(=O)c1ccccc1N=C[C@@H](C)Cc1ccc2c(c1)OCO2. The van der Waals surface area contributed by atoms with Gasteiger partial charge in [-0.2, -0.15) is 0 Å². The highest BCUT2D eigenvalue weighted by molar-refractivity contribution is 5.95. The van der Waals surface area contributed by atoms with Gasteiger partial charge in [-0.15, -0.1) is 0 Å². The van der Waals surface area contributed by atoms with E-state index >= 15 is 0 Å². The van der Waals surface area contributed by atoms with Gasteiger partial charge in [-0.05, 0) is 42.2 Å². The Bertz CT molecular complexity index is 770. The van der Waals surface area contributed by atoms with Gasteiger partial charge < -0.3 is 14.2 Å². The van der Waals surface area contributed by atoms with Gasteiger partial charge in [-0.3, -0.25) is 4.99 Å². The number of para-hydroxylation sites is 1. The molecule has 0 saturated carbocycles. The predicted octanol–water partition coefficient (Wildman–Crippen LogP) is 3.78. The zero-order chi connectivity index (χ0) is 16.9. The lowest BCUT2D eigenvalue weighted by atomic mass is 10.0. The van der Waals surface area contributed by atoms with Crippen molar-refractivity contribution in [2.45, 2.75) is 13.3 Å². The largest absolute Gasteiger partial charge is 0.465 e. The van der Waals surface area contributed by atoms with E-state index in [-0.39, 0.29) is 18.7 Å². The van der Waals surface area contributed by atoms with Crippen molar-refractivity contribution in [1.82, 2.24) is 0 Å². The summed E-state index contributed by atoms with van der Waals surface area (Å²) < 4.78 is 15.5. The van der Waals surface area contributed by atoms with Crippen LogP contribution in [0, 0.1) is 5.92 Å². The fourth-order valence-corrected chi connectivity index (χ4v) is 2.57. The second-order valence-electron chi connectivity index (χ2n) is 5.66. The molecule has 1 aliphatic heterocycles. The molecule has 1 atom stereocenters. The summed E-state index contributed by atoms with van der Waals surface area (Å²) in [4.78, 5) is 16.2. The van der Waals surface area contributed by atoms with Crippen LogP contribution < -0.4 is 9.47 Å². The van der Waals surface area contributed by atoms with Crippen molar-refractivity contribution >= 4 is 17.9 Å². The van der Waals surface area contributed by atoms with Gasteiger partial charge in [-0.25, -0.2) is 4.79 Å². The predicted molar refractivity (Wildman–Crippen MR) is 91.4 cm³/mol. The molecule has 0 bridgehead atoms. The van der Waals surface area contributed by atoms with Crippen molar-refractivity contribution in [3.05, 3.63) is 53.6 Å². The number of methoxy groups -OCH3 is 1. The number of nitrogens with zero attached hydrogens (tertiary/aromatic N) is 1. The Kier molecular flexibility index (Phi) is 4.79.